The highest BCUT2D eigenvalue weighted by molar-refractivity contribution is 6.08. The molecule has 2 aromatic heterocycles. The zero-order valence-electron chi connectivity index (χ0n) is 13.4. The first-order valence-electron chi connectivity index (χ1n) is 7.62. The fourth-order valence-corrected chi connectivity index (χ4v) is 3.25. The van der Waals surface area contributed by atoms with Gasteiger partial charge in [-0.25, -0.2) is 4.98 Å². The van der Waals surface area contributed by atoms with E-state index in [0.29, 0.717) is 17.1 Å². The number of hydrogen-bond acceptors (Lipinski definition) is 3. The molecular weight excluding hydrogens is 333 g/mol. The quantitative estimate of drug-likeness (QED) is 0.677. The predicted octanol–water partition coefficient (Wildman–Crippen LogP) is 3.59. The summed E-state index contributed by atoms with van der Waals surface area (Å²) in [6.07, 6.45) is -4.58. The van der Waals surface area contributed by atoms with E-state index in [1.54, 1.807) is 32.0 Å². The van der Waals surface area contributed by atoms with Crippen LogP contribution in [0.3, 0.4) is 0 Å². The molecule has 1 aliphatic rings. The number of fused-ring (bicyclic) bond motifs is 2. The predicted molar refractivity (Wildman–Crippen MR) is 84.8 cm³/mol. The largest absolute Gasteiger partial charge is 0.419 e. The first-order valence-corrected chi connectivity index (χ1v) is 7.62. The molecule has 1 amide bonds. The molecule has 0 saturated carbocycles. The zero-order chi connectivity index (χ0) is 17.9. The van der Waals surface area contributed by atoms with Gasteiger partial charge in [0.1, 0.15) is 5.82 Å². The highest BCUT2D eigenvalue weighted by Gasteiger charge is 2.41. The summed E-state index contributed by atoms with van der Waals surface area (Å²) in [4.78, 5) is 17.8. The fraction of sp³-hybridized carbons (Fsp3) is 0.235. The summed E-state index contributed by atoms with van der Waals surface area (Å²) in [7, 11) is 0. The van der Waals surface area contributed by atoms with Crippen molar-refractivity contribution in [3.05, 3.63) is 52.8 Å². The van der Waals surface area contributed by atoms with Gasteiger partial charge in [0.05, 0.1) is 17.7 Å². The Kier molecular flexibility index (Phi) is 3.15. The van der Waals surface area contributed by atoms with Crippen molar-refractivity contribution in [1.82, 2.24) is 14.6 Å². The Hall–Kier alpha value is -2.90. The van der Waals surface area contributed by atoms with Crippen molar-refractivity contribution in [3.63, 3.8) is 0 Å². The number of alkyl halides is 3. The minimum atomic E-state index is -4.63. The molecule has 5 nitrogen and oxygen atoms in total. The number of carbonyl (C=O) groups excluding carboxylic acids is 1. The van der Waals surface area contributed by atoms with Gasteiger partial charge in [-0.15, -0.1) is 5.10 Å². The van der Waals surface area contributed by atoms with E-state index in [-0.39, 0.29) is 17.9 Å². The van der Waals surface area contributed by atoms with Gasteiger partial charge in [-0.05, 0) is 37.1 Å². The van der Waals surface area contributed by atoms with Gasteiger partial charge in [0.25, 0.3) is 0 Å². The summed E-state index contributed by atoms with van der Waals surface area (Å²) in [5.41, 5.74) is 1.25. The van der Waals surface area contributed by atoms with Gasteiger partial charge in [-0.1, -0.05) is 18.2 Å². The van der Waals surface area contributed by atoms with Crippen LogP contribution in [0, 0.1) is 13.8 Å². The molecule has 0 N–H and O–H groups in total. The maximum atomic E-state index is 13.6. The lowest BCUT2D eigenvalue weighted by atomic mass is 10.1. The van der Waals surface area contributed by atoms with Crippen molar-refractivity contribution in [2.45, 2.75) is 26.4 Å². The number of halogens is 3. The van der Waals surface area contributed by atoms with Crippen LogP contribution in [-0.2, 0) is 17.4 Å². The van der Waals surface area contributed by atoms with Gasteiger partial charge in [0, 0.05) is 0 Å². The minimum absolute atomic E-state index is 0.0539. The summed E-state index contributed by atoms with van der Waals surface area (Å²) in [5.74, 6) is -0.406. The van der Waals surface area contributed by atoms with Crippen molar-refractivity contribution >= 4 is 23.1 Å². The number of pyridine rings is 1. The van der Waals surface area contributed by atoms with E-state index in [2.05, 4.69) is 10.1 Å². The van der Waals surface area contributed by atoms with Crippen LogP contribution >= 0.6 is 0 Å². The number of aryl methyl sites for hydroxylation is 2. The van der Waals surface area contributed by atoms with Gasteiger partial charge >= 0.3 is 6.18 Å². The molecule has 3 heterocycles. The summed E-state index contributed by atoms with van der Waals surface area (Å²) in [5, 5.41) is 4.08. The number of aromatic nitrogens is 3. The number of nitrogens with zero attached hydrogens (tertiary/aromatic N) is 4. The molecule has 0 bridgehead atoms. The van der Waals surface area contributed by atoms with Crippen LogP contribution in [0.15, 0.2) is 30.3 Å². The van der Waals surface area contributed by atoms with E-state index >= 15 is 0 Å². The van der Waals surface area contributed by atoms with E-state index < -0.39 is 17.6 Å². The average molecular weight is 346 g/mol. The van der Waals surface area contributed by atoms with E-state index in [9.17, 15) is 18.0 Å². The van der Waals surface area contributed by atoms with Crippen molar-refractivity contribution in [1.29, 1.82) is 0 Å². The van der Waals surface area contributed by atoms with Crippen LogP contribution in [0.5, 0.6) is 0 Å². The fourth-order valence-electron chi connectivity index (χ4n) is 3.25. The molecule has 0 atom stereocenters. The van der Waals surface area contributed by atoms with Crippen LogP contribution in [0.4, 0.5) is 24.7 Å². The first kappa shape index (κ1) is 15.6. The second kappa shape index (κ2) is 5.05. The number of hydrogen-bond donors (Lipinski definition) is 0. The molecule has 3 aromatic rings. The smallest absolute Gasteiger partial charge is 0.274 e. The third-order valence-electron chi connectivity index (χ3n) is 4.23. The maximum Gasteiger partial charge on any atom is 0.419 e. The van der Waals surface area contributed by atoms with E-state index in [4.69, 9.17) is 0 Å². The van der Waals surface area contributed by atoms with Crippen molar-refractivity contribution in [3.8, 4) is 0 Å². The second-order valence-corrected chi connectivity index (χ2v) is 5.99. The van der Waals surface area contributed by atoms with E-state index in [0.717, 1.165) is 21.0 Å². The SMILES string of the molecule is Cc1nc2ccc(C(F)(F)F)c(N3C(=O)Cc4cccc(C)c43)n2n1. The lowest BCUT2D eigenvalue weighted by molar-refractivity contribution is -0.137. The summed E-state index contributed by atoms with van der Waals surface area (Å²) >= 11 is 0. The highest BCUT2D eigenvalue weighted by atomic mass is 19.4. The molecule has 1 aliphatic heterocycles. The molecule has 128 valence electrons. The number of rotatable bonds is 1. The van der Waals surface area contributed by atoms with Crippen LogP contribution < -0.4 is 4.90 Å². The van der Waals surface area contributed by atoms with E-state index in [1.165, 1.54) is 6.07 Å². The standard InChI is InChI=1S/C17H13F3N4O/c1-9-4-3-5-11-8-14(25)23(15(9)11)16-12(17(18,19)20)6-7-13-21-10(2)22-24(13)16/h3-7H,8H2,1-2H3. The zero-order valence-corrected chi connectivity index (χ0v) is 13.4. The van der Waals surface area contributed by atoms with Gasteiger partial charge in [-0.2, -0.15) is 17.7 Å². The summed E-state index contributed by atoms with van der Waals surface area (Å²) in [6.45, 7) is 3.36. The van der Waals surface area contributed by atoms with Gasteiger partial charge in [0.15, 0.2) is 11.5 Å². The molecule has 0 saturated heterocycles. The molecular formula is C17H13F3N4O. The van der Waals surface area contributed by atoms with Crippen molar-refractivity contribution in [2.24, 2.45) is 0 Å². The van der Waals surface area contributed by atoms with Gasteiger partial charge in [-0.3, -0.25) is 9.69 Å². The summed E-state index contributed by atoms with van der Waals surface area (Å²) < 4.78 is 42.0. The lowest BCUT2D eigenvalue weighted by Gasteiger charge is -2.23. The lowest BCUT2D eigenvalue weighted by Crippen LogP contribution is -2.27. The number of amides is 1. The minimum Gasteiger partial charge on any atom is -0.274 e. The van der Waals surface area contributed by atoms with Crippen molar-refractivity contribution < 1.29 is 18.0 Å². The maximum absolute atomic E-state index is 13.6. The third-order valence-corrected chi connectivity index (χ3v) is 4.23. The average Bonchev–Trinajstić information content (AvgIpc) is 3.04. The molecule has 0 aliphatic carbocycles. The monoisotopic (exact) mass is 346 g/mol. The summed E-state index contributed by atoms with van der Waals surface area (Å²) in [6, 6.07) is 7.51. The van der Waals surface area contributed by atoms with Crippen LogP contribution in [0.25, 0.3) is 5.65 Å². The van der Waals surface area contributed by atoms with Crippen LogP contribution in [0.1, 0.15) is 22.5 Å². The molecule has 25 heavy (non-hydrogen) atoms. The Morgan fingerprint density at radius 1 is 1.12 bits per heavy atom. The van der Waals surface area contributed by atoms with Crippen LogP contribution in [0.2, 0.25) is 0 Å². The normalized spacial score (nSPS) is 14.4. The number of para-hydroxylation sites is 1. The molecule has 8 heteroatoms. The van der Waals surface area contributed by atoms with Crippen molar-refractivity contribution in [2.75, 3.05) is 4.90 Å². The third kappa shape index (κ3) is 2.28. The Balaban J connectivity index is 2.09. The molecule has 4 rings (SSSR count). The highest BCUT2D eigenvalue weighted by Crippen LogP contribution is 2.43. The van der Waals surface area contributed by atoms with Crippen LogP contribution in [-0.4, -0.2) is 20.5 Å². The molecule has 0 radical (unpaired) electrons. The Morgan fingerprint density at radius 2 is 1.88 bits per heavy atom. The Morgan fingerprint density at radius 3 is 2.60 bits per heavy atom. The molecule has 0 unspecified atom stereocenters. The number of carbonyl (C=O) groups is 1. The van der Waals surface area contributed by atoms with Gasteiger partial charge < -0.3 is 0 Å². The topological polar surface area (TPSA) is 50.5 Å². The molecule has 0 fully saturated rings. The van der Waals surface area contributed by atoms with Gasteiger partial charge in [0.2, 0.25) is 5.91 Å². The first-order chi connectivity index (χ1) is 11.8. The van der Waals surface area contributed by atoms with E-state index in [1.807, 2.05) is 0 Å². The number of benzene rings is 1. The molecule has 0 spiro atoms. The molecule has 1 aromatic carbocycles. The second-order valence-electron chi connectivity index (χ2n) is 5.99. The Bertz CT molecular complexity index is 1020. The number of anilines is 2. The Labute approximate surface area is 140 Å².